The first-order valence-corrected chi connectivity index (χ1v) is 10.8. The first kappa shape index (κ1) is 19.9. The average molecular weight is 413 g/mol. The average Bonchev–Trinajstić information content (AvgIpc) is 2.65. The smallest absolute Gasteiger partial charge is 0.112 e. The van der Waals surface area contributed by atoms with Crippen LogP contribution in [0.15, 0.2) is 91.0 Å². The number of rotatable bonds is 6. The van der Waals surface area contributed by atoms with Crippen molar-refractivity contribution in [3.05, 3.63) is 91.0 Å². The van der Waals surface area contributed by atoms with Crippen molar-refractivity contribution in [3.63, 3.8) is 0 Å². The minimum Gasteiger partial charge on any atom is -1.00 e. The Morgan fingerprint density at radius 3 is 1.20 bits per heavy atom. The number of benzene rings is 3. The van der Waals surface area contributed by atoms with E-state index in [1.54, 1.807) is 0 Å². The molecule has 0 aliphatic rings. The highest BCUT2D eigenvalue weighted by Gasteiger charge is 2.44. The Labute approximate surface area is 163 Å². The second-order valence-electron chi connectivity index (χ2n) is 6.72. The Balaban J connectivity index is 0.00000225. The quantitative estimate of drug-likeness (QED) is 0.543. The molecule has 0 heterocycles. The summed E-state index contributed by atoms with van der Waals surface area (Å²) in [5, 5.41) is 4.47. The molecule has 0 bridgehead atoms. The molecule has 0 amide bonds. The van der Waals surface area contributed by atoms with Crippen molar-refractivity contribution in [2.24, 2.45) is 5.92 Å². The van der Waals surface area contributed by atoms with E-state index in [0.29, 0.717) is 5.92 Å². The molecule has 0 aliphatic carbocycles. The van der Waals surface area contributed by atoms with Crippen molar-refractivity contribution in [3.8, 4) is 0 Å². The summed E-state index contributed by atoms with van der Waals surface area (Å²) in [6, 6.07) is 33.4. The standard InChI is InChI=1S/C23H26P.BrH/c1-20(2)18-19-24(21-12-6-3-7-13-21,22-14-8-4-9-15-22)23-16-10-5-11-17-23;/h3-17,20H,18-19H2,1-2H3;1H/q+1;/p-1. The van der Waals surface area contributed by atoms with E-state index in [-0.39, 0.29) is 17.0 Å². The van der Waals surface area contributed by atoms with Crippen LogP contribution >= 0.6 is 7.26 Å². The van der Waals surface area contributed by atoms with Gasteiger partial charge >= 0.3 is 0 Å². The normalized spacial score (nSPS) is 11.2. The lowest BCUT2D eigenvalue weighted by molar-refractivity contribution is -0.00000490. The van der Waals surface area contributed by atoms with Crippen LogP contribution in [0.5, 0.6) is 0 Å². The highest BCUT2D eigenvalue weighted by atomic mass is 79.9. The van der Waals surface area contributed by atoms with Gasteiger partial charge in [-0.2, -0.15) is 0 Å². The molecule has 0 fully saturated rings. The Morgan fingerprint density at radius 1 is 0.600 bits per heavy atom. The molecular weight excluding hydrogens is 387 g/mol. The van der Waals surface area contributed by atoms with Gasteiger partial charge in [0, 0.05) is 0 Å². The summed E-state index contributed by atoms with van der Waals surface area (Å²) in [4.78, 5) is 0. The van der Waals surface area contributed by atoms with Gasteiger partial charge in [-0.15, -0.1) is 0 Å². The third-order valence-corrected chi connectivity index (χ3v) is 9.10. The van der Waals surface area contributed by atoms with Crippen LogP contribution in [0, 0.1) is 5.92 Å². The van der Waals surface area contributed by atoms with Crippen LogP contribution < -0.4 is 32.9 Å². The van der Waals surface area contributed by atoms with Crippen LogP contribution in [-0.4, -0.2) is 6.16 Å². The highest BCUT2D eigenvalue weighted by molar-refractivity contribution is 7.95. The zero-order chi connectivity index (χ0) is 16.8. The van der Waals surface area contributed by atoms with Gasteiger partial charge < -0.3 is 17.0 Å². The lowest BCUT2D eigenvalue weighted by Gasteiger charge is -2.28. The molecular formula is C23H26BrP. The second kappa shape index (κ2) is 9.32. The predicted octanol–water partition coefficient (Wildman–Crippen LogP) is 2.03. The molecule has 0 saturated heterocycles. The first-order valence-electron chi connectivity index (χ1n) is 8.78. The van der Waals surface area contributed by atoms with Crippen molar-refractivity contribution < 1.29 is 17.0 Å². The Kier molecular flexibility index (Phi) is 7.41. The molecule has 0 nitrogen and oxygen atoms in total. The van der Waals surface area contributed by atoms with E-state index in [1.165, 1.54) is 28.5 Å². The third-order valence-electron chi connectivity index (χ3n) is 4.63. The van der Waals surface area contributed by atoms with Crippen LogP contribution in [0.1, 0.15) is 20.3 Å². The lowest BCUT2D eigenvalue weighted by Crippen LogP contribution is -3.00. The van der Waals surface area contributed by atoms with E-state index in [2.05, 4.69) is 105 Å². The largest absolute Gasteiger partial charge is 1.00 e. The van der Waals surface area contributed by atoms with Crippen molar-refractivity contribution in [2.45, 2.75) is 20.3 Å². The molecule has 0 atom stereocenters. The van der Waals surface area contributed by atoms with E-state index in [0.717, 1.165) is 0 Å². The molecule has 0 radical (unpaired) electrons. The molecule has 3 aromatic rings. The van der Waals surface area contributed by atoms with E-state index in [9.17, 15) is 0 Å². The van der Waals surface area contributed by atoms with Gasteiger partial charge in [0.05, 0.1) is 6.16 Å². The van der Waals surface area contributed by atoms with Crippen LogP contribution in [-0.2, 0) is 0 Å². The molecule has 0 saturated carbocycles. The molecule has 0 N–H and O–H groups in total. The molecule has 0 spiro atoms. The van der Waals surface area contributed by atoms with Gasteiger partial charge in [-0.3, -0.25) is 0 Å². The summed E-state index contributed by atoms with van der Waals surface area (Å²) in [5.74, 6) is 0.709. The van der Waals surface area contributed by atoms with Crippen LogP contribution in [0.4, 0.5) is 0 Å². The minimum atomic E-state index is -1.61. The topological polar surface area (TPSA) is 0 Å². The fourth-order valence-electron chi connectivity index (χ4n) is 3.33. The van der Waals surface area contributed by atoms with Gasteiger partial charge in [0.15, 0.2) is 0 Å². The maximum Gasteiger partial charge on any atom is 0.112 e. The van der Waals surface area contributed by atoms with Crippen molar-refractivity contribution in [2.75, 3.05) is 6.16 Å². The van der Waals surface area contributed by atoms with Crippen LogP contribution in [0.3, 0.4) is 0 Å². The summed E-state index contributed by atoms with van der Waals surface area (Å²) >= 11 is 0. The van der Waals surface area contributed by atoms with Gasteiger partial charge in [0.2, 0.25) is 0 Å². The maximum atomic E-state index is 2.33. The lowest BCUT2D eigenvalue weighted by atomic mass is 10.2. The van der Waals surface area contributed by atoms with Crippen LogP contribution in [0.25, 0.3) is 0 Å². The van der Waals surface area contributed by atoms with E-state index >= 15 is 0 Å². The van der Waals surface area contributed by atoms with Gasteiger partial charge in [0.25, 0.3) is 0 Å². The maximum absolute atomic E-state index is 2.33. The van der Waals surface area contributed by atoms with E-state index in [1.807, 2.05) is 0 Å². The van der Waals surface area contributed by atoms with Crippen molar-refractivity contribution in [1.82, 2.24) is 0 Å². The zero-order valence-corrected chi connectivity index (χ0v) is 17.5. The summed E-state index contributed by atoms with van der Waals surface area (Å²) in [7, 11) is -1.61. The zero-order valence-electron chi connectivity index (χ0n) is 15.0. The second-order valence-corrected chi connectivity index (χ2v) is 10.3. The minimum absolute atomic E-state index is 0. The fraction of sp³-hybridized carbons (Fsp3) is 0.217. The molecule has 0 unspecified atom stereocenters. The summed E-state index contributed by atoms with van der Waals surface area (Å²) in [6.45, 7) is 4.66. The Morgan fingerprint density at radius 2 is 0.920 bits per heavy atom. The van der Waals surface area contributed by atoms with Gasteiger partial charge in [0.1, 0.15) is 23.2 Å². The van der Waals surface area contributed by atoms with E-state index in [4.69, 9.17) is 0 Å². The van der Waals surface area contributed by atoms with Gasteiger partial charge in [-0.25, -0.2) is 0 Å². The molecule has 3 rings (SSSR count). The summed E-state index contributed by atoms with van der Waals surface area (Å²) in [6.07, 6.45) is 2.47. The monoisotopic (exact) mass is 412 g/mol. The molecule has 0 aromatic heterocycles. The van der Waals surface area contributed by atoms with E-state index < -0.39 is 7.26 Å². The molecule has 0 aliphatic heterocycles. The first-order chi connectivity index (χ1) is 11.7. The SMILES string of the molecule is CC(C)CC[P+](c1ccccc1)(c1ccccc1)c1ccccc1.[Br-]. The molecule has 3 aromatic carbocycles. The molecule has 25 heavy (non-hydrogen) atoms. The number of halogens is 1. The number of hydrogen-bond donors (Lipinski definition) is 0. The summed E-state index contributed by atoms with van der Waals surface area (Å²) in [5.41, 5.74) is 0. The fourth-order valence-corrected chi connectivity index (χ4v) is 7.95. The number of hydrogen-bond acceptors (Lipinski definition) is 0. The molecule has 130 valence electrons. The summed E-state index contributed by atoms with van der Waals surface area (Å²) < 4.78 is 0. The molecule has 2 heteroatoms. The van der Waals surface area contributed by atoms with Crippen molar-refractivity contribution >= 4 is 23.2 Å². The highest BCUT2D eigenvalue weighted by Crippen LogP contribution is 2.56. The Hall–Kier alpha value is -1.43. The Bertz CT molecular complexity index is 642. The van der Waals surface area contributed by atoms with Gasteiger partial charge in [-0.1, -0.05) is 68.4 Å². The van der Waals surface area contributed by atoms with Crippen molar-refractivity contribution in [1.29, 1.82) is 0 Å². The van der Waals surface area contributed by atoms with Crippen LogP contribution in [0.2, 0.25) is 0 Å². The predicted molar refractivity (Wildman–Crippen MR) is 109 cm³/mol. The third kappa shape index (κ3) is 4.40. The van der Waals surface area contributed by atoms with Gasteiger partial charge in [-0.05, 0) is 48.7 Å².